The second-order valence-electron chi connectivity index (χ2n) is 17.6. The van der Waals surface area contributed by atoms with E-state index in [9.17, 15) is 9.59 Å². The van der Waals surface area contributed by atoms with E-state index in [0.29, 0.717) is 32.8 Å². The number of nitrogens with zero attached hydrogens (tertiary/aromatic N) is 2. The van der Waals surface area contributed by atoms with Gasteiger partial charge in [0.15, 0.2) is 0 Å². The molecule has 0 heterocycles. The standard InChI is InChI=1S/C51H102N2O6/c1-5-9-13-17-21-28-36-49(35-27-15-11-7-3)51(56)59-46-34-26-24-32-41-53(43-47-57-48-44-54)40-31-23-19-20-25-33-45-58-50(55)37-42-52(38-29-16-12-8-4)39-30-22-18-14-10-6-2/h49,54H,5-48H2,1-4H3. The first-order valence-corrected chi connectivity index (χ1v) is 26.0. The molecule has 0 aliphatic heterocycles. The number of rotatable bonds is 49. The first-order chi connectivity index (χ1) is 29.0. The molecule has 1 atom stereocenters. The quantitative estimate of drug-likeness (QED) is 0.0479. The lowest BCUT2D eigenvalue weighted by Crippen LogP contribution is -2.30. The highest BCUT2D eigenvalue weighted by molar-refractivity contribution is 5.72. The molecule has 0 saturated carbocycles. The van der Waals surface area contributed by atoms with Crippen molar-refractivity contribution >= 4 is 11.9 Å². The van der Waals surface area contributed by atoms with Gasteiger partial charge in [-0.1, -0.05) is 182 Å². The fraction of sp³-hybridized carbons (Fsp3) is 0.961. The molecule has 0 aromatic heterocycles. The molecular formula is C51H102N2O6. The van der Waals surface area contributed by atoms with E-state index >= 15 is 0 Å². The Balaban J connectivity index is 4.27. The predicted molar refractivity (Wildman–Crippen MR) is 251 cm³/mol. The number of carbonyl (C=O) groups is 2. The Morgan fingerprint density at radius 2 is 0.780 bits per heavy atom. The largest absolute Gasteiger partial charge is 0.466 e. The molecule has 0 radical (unpaired) electrons. The van der Waals surface area contributed by atoms with E-state index in [1.54, 1.807) is 0 Å². The fourth-order valence-electron chi connectivity index (χ4n) is 8.01. The SMILES string of the molecule is CCCCCCCCC(CCCCCC)C(=O)OCCCCCCN(CCCCCCCCOC(=O)CCN(CCCCCC)CCCCCCCC)CCOCCO. The number of carbonyl (C=O) groups excluding carboxylic acids is 2. The zero-order valence-corrected chi connectivity index (χ0v) is 40.1. The van der Waals surface area contributed by atoms with Gasteiger partial charge in [0.05, 0.1) is 45.4 Å². The van der Waals surface area contributed by atoms with Crippen LogP contribution in [0.3, 0.4) is 0 Å². The molecule has 59 heavy (non-hydrogen) atoms. The summed E-state index contributed by atoms with van der Waals surface area (Å²) in [6.07, 6.45) is 39.0. The van der Waals surface area contributed by atoms with Crippen molar-refractivity contribution in [3.05, 3.63) is 0 Å². The normalized spacial score (nSPS) is 12.2. The van der Waals surface area contributed by atoms with Gasteiger partial charge in [-0.05, 0) is 77.5 Å². The highest BCUT2D eigenvalue weighted by atomic mass is 16.5. The zero-order valence-electron chi connectivity index (χ0n) is 40.1. The molecule has 0 fully saturated rings. The van der Waals surface area contributed by atoms with Gasteiger partial charge < -0.3 is 29.1 Å². The van der Waals surface area contributed by atoms with Crippen molar-refractivity contribution < 1.29 is 28.9 Å². The van der Waals surface area contributed by atoms with Crippen LogP contribution in [0, 0.1) is 5.92 Å². The molecule has 0 aliphatic rings. The van der Waals surface area contributed by atoms with Crippen LogP contribution in [0.4, 0.5) is 0 Å². The lowest BCUT2D eigenvalue weighted by atomic mass is 9.94. The van der Waals surface area contributed by atoms with Crippen LogP contribution < -0.4 is 0 Å². The third kappa shape index (κ3) is 41.9. The van der Waals surface area contributed by atoms with Crippen LogP contribution in [0.5, 0.6) is 0 Å². The van der Waals surface area contributed by atoms with E-state index in [0.717, 1.165) is 103 Å². The maximum atomic E-state index is 13.0. The van der Waals surface area contributed by atoms with E-state index in [-0.39, 0.29) is 24.5 Å². The van der Waals surface area contributed by atoms with Crippen molar-refractivity contribution in [1.82, 2.24) is 9.80 Å². The van der Waals surface area contributed by atoms with Crippen molar-refractivity contribution in [1.29, 1.82) is 0 Å². The van der Waals surface area contributed by atoms with Crippen LogP contribution in [0.25, 0.3) is 0 Å². The Kier molecular flexibility index (Phi) is 46.8. The van der Waals surface area contributed by atoms with Gasteiger partial charge in [0, 0.05) is 13.1 Å². The monoisotopic (exact) mass is 839 g/mol. The van der Waals surface area contributed by atoms with Crippen molar-refractivity contribution in [3.8, 4) is 0 Å². The Morgan fingerprint density at radius 3 is 1.25 bits per heavy atom. The van der Waals surface area contributed by atoms with Crippen molar-refractivity contribution in [2.45, 2.75) is 240 Å². The summed E-state index contributed by atoms with van der Waals surface area (Å²) in [5, 5.41) is 9.12. The third-order valence-corrected chi connectivity index (χ3v) is 12.0. The van der Waals surface area contributed by atoms with E-state index < -0.39 is 0 Å². The molecule has 0 saturated heterocycles. The number of hydrogen-bond donors (Lipinski definition) is 1. The van der Waals surface area contributed by atoms with Crippen LogP contribution in [0.1, 0.15) is 240 Å². The summed E-state index contributed by atoms with van der Waals surface area (Å²) in [5.41, 5.74) is 0. The maximum Gasteiger partial charge on any atom is 0.308 e. The highest BCUT2D eigenvalue weighted by Gasteiger charge is 2.19. The summed E-state index contributed by atoms with van der Waals surface area (Å²) in [7, 11) is 0. The van der Waals surface area contributed by atoms with Crippen molar-refractivity contribution in [3.63, 3.8) is 0 Å². The maximum absolute atomic E-state index is 13.0. The van der Waals surface area contributed by atoms with Crippen LogP contribution >= 0.6 is 0 Å². The molecular weight excluding hydrogens is 737 g/mol. The van der Waals surface area contributed by atoms with Crippen LogP contribution in [-0.2, 0) is 23.8 Å². The smallest absolute Gasteiger partial charge is 0.308 e. The molecule has 0 aliphatic carbocycles. The summed E-state index contributed by atoms with van der Waals surface area (Å²) in [6.45, 7) is 17.3. The second kappa shape index (κ2) is 47.8. The molecule has 8 nitrogen and oxygen atoms in total. The van der Waals surface area contributed by atoms with Crippen molar-refractivity contribution in [2.24, 2.45) is 5.92 Å². The van der Waals surface area contributed by atoms with Gasteiger partial charge in [-0.15, -0.1) is 0 Å². The average Bonchev–Trinajstić information content (AvgIpc) is 3.24. The average molecular weight is 839 g/mol. The van der Waals surface area contributed by atoms with Gasteiger partial charge in [0.1, 0.15) is 0 Å². The minimum atomic E-state index is -0.0336. The molecule has 352 valence electrons. The summed E-state index contributed by atoms with van der Waals surface area (Å²) in [4.78, 5) is 30.5. The van der Waals surface area contributed by atoms with Gasteiger partial charge in [0.2, 0.25) is 0 Å². The Labute approximate surface area is 367 Å². The van der Waals surface area contributed by atoms with Crippen molar-refractivity contribution in [2.75, 3.05) is 72.3 Å². The third-order valence-electron chi connectivity index (χ3n) is 12.0. The number of hydrogen-bond acceptors (Lipinski definition) is 8. The molecule has 0 aromatic carbocycles. The Hall–Kier alpha value is -1.22. The van der Waals surface area contributed by atoms with Gasteiger partial charge in [0.25, 0.3) is 0 Å². The summed E-state index contributed by atoms with van der Waals surface area (Å²) in [5.74, 6) is 0.0981. The summed E-state index contributed by atoms with van der Waals surface area (Å²) < 4.78 is 17.1. The molecule has 0 spiro atoms. The second-order valence-corrected chi connectivity index (χ2v) is 17.6. The number of ether oxygens (including phenoxy) is 3. The minimum Gasteiger partial charge on any atom is -0.466 e. The first kappa shape index (κ1) is 57.8. The molecule has 1 N–H and O–H groups in total. The molecule has 0 amide bonds. The molecule has 0 bridgehead atoms. The zero-order chi connectivity index (χ0) is 43.1. The highest BCUT2D eigenvalue weighted by Crippen LogP contribution is 2.21. The molecule has 0 rings (SSSR count). The van der Waals surface area contributed by atoms with E-state index in [4.69, 9.17) is 19.3 Å². The molecule has 0 aromatic rings. The summed E-state index contributed by atoms with van der Waals surface area (Å²) in [6, 6.07) is 0. The number of aliphatic hydroxyl groups excluding tert-OH is 1. The van der Waals surface area contributed by atoms with Crippen LogP contribution in [0.15, 0.2) is 0 Å². The topological polar surface area (TPSA) is 88.5 Å². The van der Waals surface area contributed by atoms with Gasteiger partial charge in [-0.2, -0.15) is 0 Å². The van der Waals surface area contributed by atoms with E-state index in [1.807, 2.05) is 0 Å². The molecule has 1 unspecified atom stereocenters. The fourth-order valence-corrected chi connectivity index (χ4v) is 8.01. The Morgan fingerprint density at radius 1 is 0.407 bits per heavy atom. The number of unbranched alkanes of at least 4 members (excludes halogenated alkanes) is 24. The predicted octanol–water partition coefficient (Wildman–Crippen LogP) is 13.3. The summed E-state index contributed by atoms with van der Waals surface area (Å²) >= 11 is 0. The minimum absolute atomic E-state index is 0.0336. The number of esters is 2. The van der Waals surface area contributed by atoms with Gasteiger partial charge in [-0.25, -0.2) is 0 Å². The van der Waals surface area contributed by atoms with E-state index in [2.05, 4.69) is 37.5 Å². The first-order valence-electron chi connectivity index (χ1n) is 26.0. The number of aliphatic hydroxyl groups is 1. The Bertz CT molecular complexity index is 860. The van der Waals surface area contributed by atoms with E-state index in [1.165, 1.54) is 141 Å². The lowest BCUT2D eigenvalue weighted by Gasteiger charge is -2.22. The molecule has 8 heteroatoms. The van der Waals surface area contributed by atoms with Crippen LogP contribution in [-0.4, -0.2) is 99.1 Å². The lowest BCUT2D eigenvalue weighted by molar-refractivity contribution is -0.149. The van der Waals surface area contributed by atoms with Crippen LogP contribution in [0.2, 0.25) is 0 Å². The van der Waals surface area contributed by atoms with Gasteiger partial charge in [-0.3, -0.25) is 9.59 Å². The van der Waals surface area contributed by atoms with Gasteiger partial charge >= 0.3 is 11.9 Å².